The van der Waals surface area contributed by atoms with Crippen LogP contribution in [0.15, 0.2) is 65.7 Å². The lowest BCUT2D eigenvalue weighted by molar-refractivity contribution is -0.141. The van der Waals surface area contributed by atoms with Gasteiger partial charge in [0.25, 0.3) is 0 Å². The summed E-state index contributed by atoms with van der Waals surface area (Å²) in [6.07, 6.45) is -2.76. The van der Waals surface area contributed by atoms with Crippen molar-refractivity contribution in [1.29, 1.82) is 5.26 Å². The van der Waals surface area contributed by atoms with Crippen LogP contribution in [-0.4, -0.2) is 36.2 Å². The van der Waals surface area contributed by atoms with Gasteiger partial charge in [-0.05, 0) is 72.5 Å². The second-order valence-electron chi connectivity index (χ2n) is 8.41. The Morgan fingerprint density at radius 2 is 1.84 bits per heavy atom. The van der Waals surface area contributed by atoms with Gasteiger partial charge in [0, 0.05) is 24.8 Å². The Labute approximate surface area is 210 Å². The number of alkyl halides is 3. The van der Waals surface area contributed by atoms with E-state index >= 15 is 0 Å². The van der Waals surface area contributed by atoms with E-state index in [1.807, 2.05) is 6.07 Å². The zero-order valence-electron chi connectivity index (χ0n) is 19.2. The molecule has 0 aliphatic carbocycles. The molecule has 1 aromatic heterocycles. The van der Waals surface area contributed by atoms with Gasteiger partial charge in [-0.2, -0.15) is 22.7 Å². The number of hydrogen-bond donors (Lipinski definition) is 1. The number of halogens is 4. The predicted molar refractivity (Wildman–Crippen MR) is 125 cm³/mol. The first-order valence-electron chi connectivity index (χ1n) is 11.1. The van der Waals surface area contributed by atoms with Gasteiger partial charge in [-0.25, -0.2) is 12.8 Å². The van der Waals surface area contributed by atoms with Crippen LogP contribution >= 0.6 is 0 Å². The van der Waals surface area contributed by atoms with Crippen LogP contribution in [0.5, 0.6) is 0 Å². The predicted octanol–water partition coefficient (Wildman–Crippen LogP) is 4.25. The van der Waals surface area contributed by atoms with Gasteiger partial charge in [0.05, 0.1) is 16.5 Å². The maximum absolute atomic E-state index is 13.2. The number of nitriles is 1. The molecule has 1 fully saturated rings. The van der Waals surface area contributed by atoms with Crippen molar-refractivity contribution in [3.63, 3.8) is 0 Å². The molecule has 1 atom stereocenters. The Balaban J connectivity index is 1.51. The Morgan fingerprint density at radius 1 is 1.11 bits per heavy atom. The summed E-state index contributed by atoms with van der Waals surface area (Å²) in [5.41, 5.74) is 0.462. The van der Waals surface area contributed by atoms with Crippen molar-refractivity contribution in [1.82, 2.24) is 14.6 Å². The minimum absolute atomic E-state index is 0.0453. The van der Waals surface area contributed by atoms with Crippen LogP contribution in [0.1, 0.15) is 29.7 Å². The maximum atomic E-state index is 13.2. The molecule has 1 N–H and O–H groups in total. The monoisotopic (exact) mass is 532 g/mol. The van der Waals surface area contributed by atoms with Gasteiger partial charge in [0.15, 0.2) is 0 Å². The second kappa shape index (κ2) is 10.3. The lowest BCUT2D eigenvalue weighted by atomic mass is 10.0. The van der Waals surface area contributed by atoms with Gasteiger partial charge in [-0.15, -0.1) is 0 Å². The maximum Gasteiger partial charge on any atom is 0.433 e. The van der Waals surface area contributed by atoms with Crippen LogP contribution in [-0.2, 0) is 27.5 Å². The number of sulfonamides is 1. The number of hydrogen-bond acceptors (Lipinski definition) is 5. The first kappa shape index (κ1) is 26.2. The highest BCUT2D eigenvalue weighted by Gasteiger charge is 2.39. The Hall–Kier alpha value is -3.82. The number of rotatable bonds is 6. The standard InChI is InChI=1S/C25H20F4N4O3S/c26-20-4-6-21(7-5-20)37(35,36)33-9-1-2-22(33)24(34)32-14-17-10-16(13-30)11-19(12-17)18-3-8-23(31-15-18)25(27,28)29/h3-8,10-12,15,22H,1-2,9,14H2,(H,32,34)/t22-/m0/s1. The van der Waals surface area contributed by atoms with Crippen molar-refractivity contribution >= 4 is 15.9 Å². The fourth-order valence-corrected chi connectivity index (χ4v) is 5.75. The first-order chi connectivity index (χ1) is 17.5. The van der Waals surface area contributed by atoms with E-state index in [1.165, 1.54) is 18.2 Å². The lowest BCUT2D eigenvalue weighted by Gasteiger charge is -2.23. The average Bonchev–Trinajstić information content (AvgIpc) is 3.38. The minimum atomic E-state index is -4.58. The molecule has 1 saturated heterocycles. The van der Waals surface area contributed by atoms with Crippen molar-refractivity contribution in [2.24, 2.45) is 0 Å². The Morgan fingerprint density at radius 3 is 2.46 bits per heavy atom. The smallest absolute Gasteiger partial charge is 0.351 e. The van der Waals surface area contributed by atoms with Crippen molar-refractivity contribution in [2.75, 3.05) is 6.54 Å². The van der Waals surface area contributed by atoms with Crippen LogP contribution in [0.3, 0.4) is 0 Å². The van der Waals surface area contributed by atoms with E-state index in [0.717, 1.165) is 40.8 Å². The summed E-state index contributed by atoms with van der Waals surface area (Å²) in [4.78, 5) is 16.3. The number of carbonyl (C=O) groups excluding carboxylic acids is 1. The van der Waals surface area contributed by atoms with Gasteiger partial charge < -0.3 is 5.32 Å². The topological polar surface area (TPSA) is 103 Å². The highest BCUT2D eigenvalue weighted by Crippen LogP contribution is 2.30. The van der Waals surface area contributed by atoms with E-state index in [0.29, 0.717) is 29.5 Å². The molecule has 0 bridgehead atoms. The normalized spacial score (nSPS) is 16.4. The van der Waals surface area contributed by atoms with Crippen LogP contribution < -0.4 is 5.32 Å². The van der Waals surface area contributed by atoms with E-state index in [-0.39, 0.29) is 23.5 Å². The molecule has 0 saturated carbocycles. The first-order valence-corrected chi connectivity index (χ1v) is 12.6. The molecular formula is C25H20F4N4O3S. The van der Waals surface area contributed by atoms with Crippen LogP contribution in [0.4, 0.5) is 17.6 Å². The molecule has 1 amide bonds. The third-order valence-corrected chi connectivity index (χ3v) is 7.82. The number of pyridine rings is 1. The van der Waals surface area contributed by atoms with E-state index in [4.69, 9.17) is 0 Å². The van der Waals surface area contributed by atoms with Crippen molar-refractivity contribution in [2.45, 2.75) is 36.5 Å². The number of nitrogens with zero attached hydrogens (tertiary/aromatic N) is 3. The number of carbonyl (C=O) groups is 1. The highest BCUT2D eigenvalue weighted by atomic mass is 32.2. The summed E-state index contributed by atoms with van der Waals surface area (Å²) in [6, 6.07) is 12.1. The van der Waals surface area contributed by atoms with Crippen LogP contribution in [0.2, 0.25) is 0 Å². The number of benzene rings is 2. The molecule has 0 radical (unpaired) electrons. The largest absolute Gasteiger partial charge is 0.433 e. The van der Waals surface area contributed by atoms with Crippen LogP contribution in [0.25, 0.3) is 11.1 Å². The van der Waals surface area contributed by atoms with Crippen molar-refractivity contribution in [3.05, 3.63) is 83.4 Å². The summed E-state index contributed by atoms with van der Waals surface area (Å²) < 4.78 is 78.8. The molecular weight excluding hydrogens is 512 g/mol. The average molecular weight is 533 g/mol. The Bertz CT molecular complexity index is 1450. The summed E-state index contributed by atoms with van der Waals surface area (Å²) in [7, 11) is -4.02. The zero-order valence-corrected chi connectivity index (χ0v) is 20.0. The van der Waals surface area contributed by atoms with Crippen molar-refractivity contribution < 1.29 is 30.8 Å². The fraction of sp³-hybridized carbons (Fsp3) is 0.240. The summed E-state index contributed by atoms with van der Waals surface area (Å²) in [6.45, 7) is 0.0864. The summed E-state index contributed by atoms with van der Waals surface area (Å²) in [5, 5.41) is 12.1. The summed E-state index contributed by atoms with van der Waals surface area (Å²) >= 11 is 0. The molecule has 7 nitrogen and oxygen atoms in total. The molecule has 2 heterocycles. The van der Waals surface area contributed by atoms with E-state index < -0.39 is 39.7 Å². The second-order valence-corrected chi connectivity index (χ2v) is 10.3. The number of aromatic nitrogens is 1. The zero-order chi connectivity index (χ0) is 26.8. The third kappa shape index (κ3) is 5.79. The molecule has 12 heteroatoms. The van der Waals surface area contributed by atoms with E-state index in [2.05, 4.69) is 10.3 Å². The molecule has 192 valence electrons. The molecule has 1 aliphatic heterocycles. The van der Waals surface area contributed by atoms with Gasteiger partial charge in [0.1, 0.15) is 17.6 Å². The van der Waals surface area contributed by atoms with Gasteiger partial charge in [0.2, 0.25) is 15.9 Å². The molecule has 1 aliphatic rings. The number of nitrogens with one attached hydrogen (secondary N) is 1. The SMILES string of the molecule is N#Cc1cc(CNC(=O)[C@@H]2CCCN2S(=O)(=O)c2ccc(F)cc2)cc(-c2ccc(C(F)(F)F)nc2)c1. The number of amides is 1. The molecule has 37 heavy (non-hydrogen) atoms. The summed E-state index contributed by atoms with van der Waals surface area (Å²) in [5.74, 6) is -1.12. The quantitative estimate of drug-likeness (QED) is 0.479. The fourth-order valence-electron chi connectivity index (χ4n) is 4.10. The molecule has 0 unspecified atom stereocenters. The molecule has 2 aromatic carbocycles. The minimum Gasteiger partial charge on any atom is -0.351 e. The highest BCUT2D eigenvalue weighted by molar-refractivity contribution is 7.89. The molecule has 3 aromatic rings. The van der Waals surface area contributed by atoms with E-state index in [9.17, 15) is 36.0 Å². The van der Waals surface area contributed by atoms with Gasteiger partial charge in [-0.1, -0.05) is 6.07 Å². The van der Waals surface area contributed by atoms with Crippen molar-refractivity contribution in [3.8, 4) is 17.2 Å². The van der Waals surface area contributed by atoms with Crippen LogP contribution in [0, 0.1) is 17.1 Å². The lowest BCUT2D eigenvalue weighted by Crippen LogP contribution is -2.45. The van der Waals surface area contributed by atoms with E-state index in [1.54, 1.807) is 6.07 Å². The van der Waals surface area contributed by atoms with Gasteiger partial charge in [-0.3, -0.25) is 9.78 Å². The third-order valence-electron chi connectivity index (χ3n) is 5.90. The molecule has 0 spiro atoms. The molecule has 4 rings (SSSR count). The van der Waals surface area contributed by atoms with Gasteiger partial charge >= 0.3 is 6.18 Å². The Kier molecular flexibility index (Phi) is 7.29.